The van der Waals surface area contributed by atoms with Crippen LogP contribution >= 0.6 is 11.3 Å². The molecule has 0 spiro atoms. The summed E-state index contributed by atoms with van der Waals surface area (Å²) in [6.45, 7) is 3.99. The molecule has 3 heterocycles. The van der Waals surface area contributed by atoms with Crippen molar-refractivity contribution in [3.8, 4) is 0 Å². The van der Waals surface area contributed by atoms with Crippen molar-refractivity contribution in [2.24, 2.45) is 0 Å². The van der Waals surface area contributed by atoms with Crippen LogP contribution in [-0.2, 0) is 6.54 Å². The maximum Gasteiger partial charge on any atom is 0.113 e. The SMILES string of the molecule is Cc1csc(Cn2cncc2[C@@H]2CCCN2)n1. The summed E-state index contributed by atoms with van der Waals surface area (Å²) >= 11 is 1.72. The molecule has 1 saturated heterocycles. The average molecular weight is 248 g/mol. The molecule has 0 bridgehead atoms. The number of nitrogens with zero attached hydrogens (tertiary/aromatic N) is 3. The minimum Gasteiger partial charge on any atom is -0.326 e. The molecule has 1 atom stereocenters. The van der Waals surface area contributed by atoms with Crippen molar-refractivity contribution in [1.29, 1.82) is 0 Å². The van der Waals surface area contributed by atoms with Crippen molar-refractivity contribution in [2.75, 3.05) is 6.54 Å². The molecule has 4 nitrogen and oxygen atoms in total. The topological polar surface area (TPSA) is 42.7 Å². The normalized spacial score (nSPS) is 19.9. The van der Waals surface area contributed by atoms with Gasteiger partial charge in [-0.2, -0.15) is 0 Å². The Morgan fingerprint density at radius 2 is 2.53 bits per heavy atom. The van der Waals surface area contributed by atoms with Crippen molar-refractivity contribution >= 4 is 11.3 Å². The molecule has 0 amide bonds. The van der Waals surface area contributed by atoms with Gasteiger partial charge in [-0.05, 0) is 26.3 Å². The van der Waals surface area contributed by atoms with E-state index in [4.69, 9.17) is 0 Å². The van der Waals surface area contributed by atoms with Gasteiger partial charge in [0.2, 0.25) is 0 Å². The molecule has 90 valence electrons. The second-order valence-corrected chi connectivity index (χ2v) is 5.42. The van der Waals surface area contributed by atoms with Crippen LogP contribution in [0.3, 0.4) is 0 Å². The van der Waals surface area contributed by atoms with Crippen molar-refractivity contribution in [3.05, 3.63) is 34.3 Å². The Labute approximate surface area is 105 Å². The fraction of sp³-hybridized carbons (Fsp3) is 0.500. The molecule has 17 heavy (non-hydrogen) atoms. The summed E-state index contributed by atoms with van der Waals surface area (Å²) in [7, 11) is 0. The standard InChI is InChI=1S/C12H16N4S/c1-9-7-17-12(15-9)6-16-8-13-5-11(16)10-3-2-4-14-10/h5,7-8,10,14H,2-4,6H2,1H3/t10-/m0/s1. The predicted octanol–water partition coefficient (Wildman–Crippen LogP) is 2.12. The van der Waals surface area contributed by atoms with Gasteiger partial charge < -0.3 is 9.88 Å². The zero-order valence-electron chi connectivity index (χ0n) is 9.89. The monoisotopic (exact) mass is 248 g/mol. The summed E-state index contributed by atoms with van der Waals surface area (Å²) < 4.78 is 2.21. The molecule has 0 aliphatic carbocycles. The molecule has 0 radical (unpaired) electrons. The zero-order valence-corrected chi connectivity index (χ0v) is 10.7. The van der Waals surface area contributed by atoms with Gasteiger partial charge in [-0.25, -0.2) is 9.97 Å². The number of thiazole rings is 1. The van der Waals surface area contributed by atoms with E-state index in [0.29, 0.717) is 6.04 Å². The first-order chi connectivity index (χ1) is 8.33. The summed E-state index contributed by atoms with van der Waals surface area (Å²) in [6, 6.07) is 0.471. The Kier molecular flexibility index (Phi) is 2.94. The molecular weight excluding hydrogens is 232 g/mol. The quantitative estimate of drug-likeness (QED) is 0.904. The minimum absolute atomic E-state index is 0.471. The summed E-state index contributed by atoms with van der Waals surface area (Å²) in [5, 5.41) is 6.76. The highest BCUT2D eigenvalue weighted by Gasteiger charge is 2.19. The fourth-order valence-electron chi connectivity index (χ4n) is 2.31. The third-order valence-corrected chi connectivity index (χ3v) is 4.09. The van der Waals surface area contributed by atoms with Gasteiger partial charge in [0.25, 0.3) is 0 Å². The van der Waals surface area contributed by atoms with E-state index in [-0.39, 0.29) is 0 Å². The molecule has 2 aromatic rings. The van der Waals surface area contributed by atoms with Gasteiger partial charge in [0, 0.05) is 23.3 Å². The average Bonchev–Trinajstić information content (AvgIpc) is 3.00. The third kappa shape index (κ3) is 2.25. The number of hydrogen-bond acceptors (Lipinski definition) is 4. The minimum atomic E-state index is 0.471. The van der Waals surface area contributed by atoms with Crippen LogP contribution in [0.5, 0.6) is 0 Å². The first-order valence-electron chi connectivity index (χ1n) is 5.97. The van der Waals surface area contributed by atoms with Crippen molar-refractivity contribution in [1.82, 2.24) is 19.9 Å². The third-order valence-electron chi connectivity index (χ3n) is 3.13. The molecule has 0 saturated carbocycles. The lowest BCUT2D eigenvalue weighted by Crippen LogP contribution is -2.17. The highest BCUT2D eigenvalue weighted by molar-refractivity contribution is 7.09. The van der Waals surface area contributed by atoms with E-state index in [1.54, 1.807) is 11.3 Å². The van der Waals surface area contributed by atoms with Gasteiger partial charge >= 0.3 is 0 Å². The van der Waals surface area contributed by atoms with Crippen LogP contribution in [-0.4, -0.2) is 21.1 Å². The predicted molar refractivity (Wildman–Crippen MR) is 68.2 cm³/mol. The van der Waals surface area contributed by atoms with E-state index < -0.39 is 0 Å². The molecular formula is C12H16N4S. The number of aromatic nitrogens is 3. The largest absolute Gasteiger partial charge is 0.326 e. The van der Waals surface area contributed by atoms with Gasteiger partial charge in [-0.15, -0.1) is 11.3 Å². The molecule has 1 N–H and O–H groups in total. The van der Waals surface area contributed by atoms with E-state index in [1.165, 1.54) is 18.5 Å². The maximum absolute atomic E-state index is 4.50. The van der Waals surface area contributed by atoms with Crippen LogP contribution in [0.15, 0.2) is 17.9 Å². The highest BCUT2D eigenvalue weighted by atomic mass is 32.1. The Balaban J connectivity index is 1.81. The Hall–Kier alpha value is -1.20. The van der Waals surface area contributed by atoms with Gasteiger partial charge in [-0.1, -0.05) is 0 Å². The zero-order chi connectivity index (χ0) is 11.7. The molecule has 0 unspecified atom stereocenters. The molecule has 5 heteroatoms. The van der Waals surface area contributed by atoms with Gasteiger partial charge in [0.15, 0.2) is 0 Å². The second-order valence-electron chi connectivity index (χ2n) is 4.48. The van der Waals surface area contributed by atoms with Crippen molar-refractivity contribution < 1.29 is 0 Å². The van der Waals surface area contributed by atoms with E-state index in [0.717, 1.165) is 23.8 Å². The number of hydrogen-bond donors (Lipinski definition) is 1. The number of nitrogens with one attached hydrogen (secondary N) is 1. The molecule has 0 aromatic carbocycles. The highest BCUT2D eigenvalue weighted by Crippen LogP contribution is 2.23. The lowest BCUT2D eigenvalue weighted by Gasteiger charge is -2.12. The first-order valence-corrected chi connectivity index (χ1v) is 6.85. The van der Waals surface area contributed by atoms with E-state index in [1.807, 2.05) is 19.4 Å². The lowest BCUT2D eigenvalue weighted by molar-refractivity contribution is 0.583. The van der Waals surface area contributed by atoms with Crippen LogP contribution in [0, 0.1) is 6.92 Å². The molecule has 1 aliphatic rings. The van der Waals surface area contributed by atoms with E-state index in [9.17, 15) is 0 Å². The van der Waals surface area contributed by atoms with Crippen LogP contribution in [0.4, 0.5) is 0 Å². The summed E-state index contributed by atoms with van der Waals surface area (Å²) in [5.74, 6) is 0. The number of rotatable bonds is 3. The van der Waals surface area contributed by atoms with Crippen LogP contribution < -0.4 is 5.32 Å². The van der Waals surface area contributed by atoms with E-state index in [2.05, 4.69) is 25.2 Å². The van der Waals surface area contributed by atoms with E-state index >= 15 is 0 Å². The summed E-state index contributed by atoms with van der Waals surface area (Å²) in [5.41, 5.74) is 2.39. The second kappa shape index (κ2) is 4.58. The molecule has 1 aliphatic heterocycles. The van der Waals surface area contributed by atoms with Gasteiger partial charge in [0.05, 0.1) is 18.6 Å². The van der Waals surface area contributed by atoms with Crippen LogP contribution in [0.1, 0.15) is 35.3 Å². The summed E-state index contributed by atoms with van der Waals surface area (Å²) in [6.07, 6.45) is 6.35. The number of imidazole rings is 1. The lowest BCUT2D eigenvalue weighted by atomic mass is 10.2. The fourth-order valence-corrected chi connectivity index (χ4v) is 3.08. The molecule has 2 aromatic heterocycles. The first kappa shape index (κ1) is 10.9. The van der Waals surface area contributed by atoms with Gasteiger partial charge in [0.1, 0.15) is 5.01 Å². The Morgan fingerprint density at radius 1 is 1.59 bits per heavy atom. The Morgan fingerprint density at radius 3 is 3.24 bits per heavy atom. The Bertz CT molecular complexity index is 496. The number of aryl methyl sites for hydroxylation is 1. The van der Waals surface area contributed by atoms with Gasteiger partial charge in [-0.3, -0.25) is 0 Å². The van der Waals surface area contributed by atoms with Crippen molar-refractivity contribution in [2.45, 2.75) is 32.4 Å². The summed E-state index contributed by atoms with van der Waals surface area (Å²) in [4.78, 5) is 8.77. The maximum atomic E-state index is 4.50. The molecule has 1 fully saturated rings. The smallest absolute Gasteiger partial charge is 0.113 e. The van der Waals surface area contributed by atoms with Crippen LogP contribution in [0.2, 0.25) is 0 Å². The molecule has 3 rings (SSSR count). The van der Waals surface area contributed by atoms with Crippen LogP contribution in [0.25, 0.3) is 0 Å². The van der Waals surface area contributed by atoms with Crippen molar-refractivity contribution in [3.63, 3.8) is 0 Å².